The van der Waals surface area contributed by atoms with Gasteiger partial charge >= 0.3 is 0 Å². The highest BCUT2D eigenvalue weighted by Crippen LogP contribution is 2.20. The summed E-state index contributed by atoms with van der Waals surface area (Å²) in [5, 5.41) is 0. The first-order valence-electron chi connectivity index (χ1n) is 7.54. The lowest BCUT2D eigenvalue weighted by Crippen LogP contribution is -2.30. The lowest BCUT2D eigenvalue weighted by molar-refractivity contribution is 0.220. The fourth-order valence-electron chi connectivity index (χ4n) is 2.38. The highest BCUT2D eigenvalue weighted by molar-refractivity contribution is 5.45. The molecule has 0 saturated carbocycles. The molecule has 116 valence electrons. The van der Waals surface area contributed by atoms with E-state index >= 15 is 0 Å². The molecule has 0 aliphatic carbocycles. The molecule has 0 aliphatic rings. The summed E-state index contributed by atoms with van der Waals surface area (Å²) < 4.78 is 5.33. The Morgan fingerprint density at radius 1 is 1.29 bits per heavy atom. The van der Waals surface area contributed by atoms with Gasteiger partial charge in [0.2, 0.25) is 0 Å². The third-order valence-electron chi connectivity index (χ3n) is 3.62. The maximum absolute atomic E-state index is 5.48. The van der Waals surface area contributed by atoms with Gasteiger partial charge in [-0.3, -0.25) is 4.90 Å². The number of hydrogen-bond acceptors (Lipinski definition) is 3. The van der Waals surface area contributed by atoms with E-state index in [9.17, 15) is 0 Å². The van der Waals surface area contributed by atoms with E-state index in [1.54, 1.807) is 7.11 Å². The zero-order valence-corrected chi connectivity index (χ0v) is 13.9. The van der Waals surface area contributed by atoms with Crippen molar-refractivity contribution < 1.29 is 4.74 Å². The van der Waals surface area contributed by atoms with Crippen molar-refractivity contribution in [2.45, 2.75) is 39.8 Å². The lowest BCUT2D eigenvalue weighted by atomic mass is 10.0. The van der Waals surface area contributed by atoms with Crippen molar-refractivity contribution in [3.8, 4) is 17.6 Å². The zero-order valence-electron chi connectivity index (χ0n) is 13.9. The quantitative estimate of drug-likeness (QED) is 0.818. The van der Waals surface area contributed by atoms with Crippen molar-refractivity contribution in [2.24, 2.45) is 11.7 Å². The molecule has 0 heterocycles. The predicted octanol–water partition coefficient (Wildman–Crippen LogP) is 2.87. The van der Waals surface area contributed by atoms with Crippen LogP contribution in [-0.4, -0.2) is 31.6 Å². The molecule has 0 spiro atoms. The molecule has 1 aromatic carbocycles. The average molecular weight is 288 g/mol. The molecule has 0 fully saturated rings. The number of hydrogen-bond donors (Lipinski definition) is 1. The minimum absolute atomic E-state index is 0.380. The summed E-state index contributed by atoms with van der Waals surface area (Å²) in [6.45, 7) is 8.03. The summed E-state index contributed by atoms with van der Waals surface area (Å²) in [6.07, 6.45) is 1.18. The monoisotopic (exact) mass is 288 g/mol. The molecular formula is C18H28N2O. The van der Waals surface area contributed by atoms with Crippen molar-refractivity contribution in [2.75, 3.05) is 20.7 Å². The number of ether oxygens (including phenoxy) is 1. The summed E-state index contributed by atoms with van der Waals surface area (Å²) in [4.78, 5) is 2.36. The average Bonchev–Trinajstić information content (AvgIpc) is 2.45. The largest absolute Gasteiger partial charge is 0.497 e. The number of methoxy groups -OCH3 is 1. The van der Waals surface area contributed by atoms with Gasteiger partial charge in [0.25, 0.3) is 0 Å². The van der Waals surface area contributed by atoms with Crippen LogP contribution in [0.25, 0.3) is 0 Å². The predicted molar refractivity (Wildman–Crippen MR) is 89.3 cm³/mol. The number of nitrogens with zero attached hydrogens (tertiary/aromatic N) is 1. The minimum Gasteiger partial charge on any atom is -0.497 e. The van der Waals surface area contributed by atoms with Gasteiger partial charge in [0.05, 0.1) is 13.7 Å². The maximum atomic E-state index is 5.48. The first-order chi connectivity index (χ1) is 9.97. The lowest BCUT2D eigenvalue weighted by Gasteiger charge is -2.26. The molecule has 2 N–H and O–H groups in total. The zero-order chi connectivity index (χ0) is 15.8. The van der Waals surface area contributed by atoms with Crippen molar-refractivity contribution >= 4 is 0 Å². The molecule has 1 aromatic rings. The molecule has 0 bridgehead atoms. The van der Waals surface area contributed by atoms with Gasteiger partial charge in [-0.05, 0) is 50.1 Å². The van der Waals surface area contributed by atoms with Gasteiger partial charge < -0.3 is 10.5 Å². The Morgan fingerprint density at radius 3 is 2.57 bits per heavy atom. The number of nitrogens with two attached hydrogens (primary N) is 1. The van der Waals surface area contributed by atoms with Crippen LogP contribution in [0.5, 0.6) is 5.75 Å². The van der Waals surface area contributed by atoms with E-state index in [1.807, 2.05) is 12.1 Å². The van der Waals surface area contributed by atoms with Crippen LogP contribution >= 0.6 is 0 Å². The molecule has 0 aromatic heterocycles. The molecule has 0 saturated heterocycles. The van der Waals surface area contributed by atoms with E-state index in [-0.39, 0.29) is 0 Å². The van der Waals surface area contributed by atoms with Gasteiger partial charge in [-0.2, -0.15) is 0 Å². The standard InChI is InChI=1S/C18H28N2O/c1-14(2)11-15(3)20(4)13-17-12-18(21-5)9-8-16(17)7-6-10-19/h8-9,12,14-15H,10-11,13,19H2,1-5H3. The van der Waals surface area contributed by atoms with Crippen molar-refractivity contribution in [1.82, 2.24) is 4.90 Å². The number of benzene rings is 1. The molecular weight excluding hydrogens is 260 g/mol. The van der Waals surface area contributed by atoms with Crippen LogP contribution in [0.3, 0.4) is 0 Å². The first kappa shape index (κ1) is 17.6. The van der Waals surface area contributed by atoms with Crippen LogP contribution < -0.4 is 10.5 Å². The third-order valence-corrected chi connectivity index (χ3v) is 3.62. The van der Waals surface area contributed by atoms with Crippen molar-refractivity contribution in [1.29, 1.82) is 0 Å². The van der Waals surface area contributed by atoms with Gasteiger partial charge in [-0.1, -0.05) is 25.7 Å². The molecule has 1 atom stereocenters. The molecule has 21 heavy (non-hydrogen) atoms. The van der Waals surface area contributed by atoms with E-state index in [0.717, 1.165) is 17.9 Å². The van der Waals surface area contributed by atoms with E-state index in [1.165, 1.54) is 12.0 Å². The van der Waals surface area contributed by atoms with Gasteiger partial charge in [0.15, 0.2) is 0 Å². The Balaban J connectivity index is 2.93. The van der Waals surface area contributed by atoms with Crippen LogP contribution in [-0.2, 0) is 6.54 Å². The normalized spacial score (nSPS) is 12.2. The fraction of sp³-hybridized carbons (Fsp3) is 0.556. The van der Waals surface area contributed by atoms with E-state index in [2.05, 4.69) is 50.6 Å². The van der Waals surface area contributed by atoms with E-state index in [0.29, 0.717) is 18.5 Å². The number of rotatable bonds is 6. The molecule has 0 aliphatic heterocycles. The summed E-state index contributed by atoms with van der Waals surface area (Å²) in [5.74, 6) is 7.65. The Kier molecular flexibility index (Phi) is 7.28. The highest BCUT2D eigenvalue weighted by Gasteiger charge is 2.13. The summed E-state index contributed by atoms with van der Waals surface area (Å²) in [6, 6.07) is 6.56. The van der Waals surface area contributed by atoms with Crippen LogP contribution in [0, 0.1) is 17.8 Å². The second-order valence-electron chi connectivity index (χ2n) is 5.92. The SMILES string of the molecule is COc1ccc(C#CCN)c(CN(C)C(C)CC(C)C)c1. The van der Waals surface area contributed by atoms with Crippen LogP contribution in [0.2, 0.25) is 0 Å². The summed E-state index contributed by atoms with van der Waals surface area (Å²) in [5.41, 5.74) is 7.70. The van der Waals surface area contributed by atoms with Crippen LogP contribution in [0.1, 0.15) is 38.3 Å². The summed E-state index contributed by atoms with van der Waals surface area (Å²) in [7, 11) is 3.85. The Hall–Kier alpha value is -1.50. The summed E-state index contributed by atoms with van der Waals surface area (Å²) >= 11 is 0. The molecule has 1 rings (SSSR count). The molecule has 1 unspecified atom stereocenters. The highest BCUT2D eigenvalue weighted by atomic mass is 16.5. The second kappa shape index (κ2) is 8.71. The molecule has 0 radical (unpaired) electrons. The Bertz CT molecular complexity index is 500. The van der Waals surface area contributed by atoms with Gasteiger partial charge in [0, 0.05) is 18.2 Å². The van der Waals surface area contributed by atoms with Gasteiger partial charge in [-0.15, -0.1) is 0 Å². The second-order valence-corrected chi connectivity index (χ2v) is 5.92. The fourth-order valence-corrected chi connectivity index (χ4v) is 2.38. The van der Waals surface area contributed by atoms with Gasteiger partial charge in [0.1, 0.15) is 5.75 Å². The van der Waals surface area contributed by atoms with Crippen molar-refractivity contribution in [3.05, 3.63) is 29.3 Å². The topological polar surface area (TPSA) is 38.5 Å². The smallest absolute Gasteiger partial charge is 0.119 e. The molecule has 3 nitrogen and oxygen atoms in total. The molecule has 3 heteroatoms. The van der Waals surface area contributed by atoms with Crippen LogP contribution in [0.4, 0.5) is 0 Å². The van der Waals surface area contributed by atoms with Gasteiger partial charge in [-0.25, -0.2) is 0 Å². The van der Waals surface area contributed by atoms with E-state index < -0.39 is 0 Å². The maximum Gasteiger partial charge on any atom is 0.119 e. The Labute approximate surface area is 129 Å². The Morgan fingerprint density at radius 2 is 2.00 bits per heavy atom. The first-order valence-corrected chi connectivity index (χ1v) is 7.54. The van der Waals surface area contributed by atoms with Crippen molar-refractivity contribution in [3.63, 3.8) is 0 Å². The molecule has 0 amide bonds. The minimum atomic E-state index is 0.380. The van der Waals surface area contributed by atoms with Crippen LogP contribution in [0.15, 0.2) is 18.2 Å². The third kappa shape index (κ3) is 5.79. The van der Waals surface area contributed by atoms with E-state index in [4.69, 9.17) is 10.5 Å².